The molecule has 12 aromatic rings. The summed E-state index contributed by atoms with van der Waals surface area (Å²) >= 11 is 0. The molecule has 0 spiro atoms. The smallest absolute Gasteiger partial charge is 0.509 e. The summed E-state index contributed by atoms with van der Waals surface area (Å²) in [7, 11) is 0. The first-order chi connectivity index (χ1) is 39.4. The fourth-order valence-electron chi connectivity index (χ4n) is 11.5. The Hall–Kier alpha value is -8.98. The van der Waals surface area contributed by atoms with Crippen molar-refractivity contribution in [2.75, 3.05) is 0 Å². The van der Waals surface area contributed by atoms with Gasteiger partial charge in [0.1, 0.15) is 11.5 Å². The second-order valence-electron chi connectivity index (χ2n) is 20.3. The van der Waals surface area contributed by atoms with Crippen molar-refractivity contribution in [2.24, 2.45) is 0 Å². The van der Waals surface area contributed by atoms with Gasteiger partial charge in [0, 0.05) is 35.3 Å². The third-order valence-electron chi connectivity index (χ3n) is 15.0. The van der Waals surface area contributed by atoms with Gasteiger partial charge in [-0.1, -0.05) is 207 Å². The van der Waals surface area contributed by atoms with E-state index in [9.17, 15) is 2.74 Å². The fraction of sp³-hybridized carbons (Fsp3) is 0.0704. The molecule has 1 aliphatic heterocycles. The summed E-state index contributed by atoms with van der Waals surface area (Å²) in [6, 6.07) is 81.5. The van der Waals surface area contributed by atoms with Crippen molar-refractivity contribution in [2.45, 2.75) is 31.6 Å². The Balaban J connectivity index is 0.00000631. The molecule has 368 valence electrons. The minimum atomic E-state index is -0.615. The number of rotatable bonds is 9. The van der Waals surface area contributed by atoms with Crippen molar-refractivity contribution < 1.29 is 32.7 Å². The average molecular weight is 1180 g/mol. The number of ether oxygens (including phenoxy) is 1. The standard InChI is InChI=1S/C71H50N4O.Pt/c1-70(2,3)52-41-42-72-68(44-52)75-64-34-16-14-30-59(64)60-39-38-55(46-67(60)75)76-54-28-19-27-53(45-54)73-47-74(66-36-18-17-35-65(66)73)69-56(48-21-7-4-8-22-48)31-20-32-57(69)49-37-40-63-61(43-49)58-29-13-15-33-62(58)71(63,50-23-9-5-10-24-50)51-25-11-6-12-26-51;/h4-44H,1-3H3;/q;+2/i4D,7D,8D,21D,22D;. The SMILES string of the molecule is [2H]c1c([2H])c([2H])c(-c2cccc(-c3ccc4c(c3)-c3ccccc3C4(c3ccccc3)c3ccccc3)c2[N+]2=C=[N+](c3[c-]c(Oc4[c-]c5c(cc4)c4ccccc4n5-c4cc(C(C)(C)C)ccn4)ccc3)c3ccccc32)c([2H])c1[2H].[Pt+2]. The maximum Gasteiger partial charge on any atom is 2.00 e. The summed E-state index contributed by atoms with van der Waals surface area (Å²) in [5, 5.41) is 2.11. The Morgan fingerprint density at radius 2 is 1.18 bits per heavy atom. The second-order valence-corrected chi connectivity index (χ2v) is 20.3. The molecule has 0 bridgehead atoms. The van der Waals surface area contributed by atoms with Crippen LogP contribution in [0.25, 0.3) is 61.0 Å². The molecular formula is C71H50N4OPt+2. The summed E-state index contributed by atoms with van der Waals surface area (Å²) in [4.78, 5) is 4.86. The molecule has 1 aliphatic carbocycles. The fourth-order valence-corrected chi connectivity index (χ4v) is 11.5. The van der Waals surface area contributed by atoms with Crippen LogP contribution in [0.2, 0.25) is 0 Å². The number of pyridine rings is 1. The Bertz CT molecular complexity index is 4590. The summed E-state index contributed by atoms with van der Waals surface area (Å²) < 4.78 is 57.7. The number of nitrogens with zero attached hydrogens (tertiary/aromatic N) is 4. The Labute approximate surface area is 470 Å². The molecular weight excluding hydrogens is 1120 g/mol. The van der Waals surface area contributed by atoms with Crippen molar-refractivity contribution in [1.82, 2.24) is 18.7 Å². The first kappa shape index (κ1) is 42.3. The zero-order chi connectivity index (χ0) is 55.3. The van der Waals surface area contributed by atoms with E-state index in [4.69, 9.17) is 13.8 Å². The maximum atomic E-state index is 9.35. The van der Waals surface area contributed by atoms with E-state index in [1.165, 1.54) is 11.1 Å². The van der Waals surface area contributed by atoms with E-state index in [-0.39, 0.29) is 44.1 Å². The number of benzene rings is 10. The van der Waals surface area contributed by atoms with E-state index in [1.54, 1.807) is 0 Å². The van der Waals surface area contributed by atoms with E-state index < -0.39 is 23.5 Å². The molecule has 0 amide bonds. The Kier molecular flexibility index (Phi) is 10.4. The average Bonchev–Trinajstić information content (AvgIpc) is 3.92. The van der Waals surface area contributed by atoms with Crippen molar-refractivity contribution in [1.29, 1.82) is 0 Å². The van der Waals surface area contributed by atoms with Crippen LogP contribution < -0.4 is 13.9 Å². The summed E-state index contributed by atoms with van der Waals surface area (Å²) in [5.41, 5.74) is 14.1. The van der Waals surface area contributed by atoms with Crippen LogP contribution in [0.15, 0.2) is 249 Å². The number of hydrogen-bond donors (Lipinski definition) is 0. The minimum Gasteiger partial charge on any atom is -0.509 e. The summed E-state index contributed by atoms with van der Waals surface area (Å²) in [5.74, 6) is 1.75. The second kappa shape index (κ2) is 19.0. The van der Waals surface area contributed by atoms with E-state index in [1.807, 2.05) is 94.2 Å². The van der Waals surface area contributed by atoms with Crippen LogP contribution >= 0.6 is 0 Å². The van der Waals surface area contributed by atoms with Crippen LogP contribution in [-0.2, 0) is 31.9 Å². The van der Waals surface area contributed by atoms with Crippen LogP contribution in [0.3, 0.4) is 0 Å². The molecule has 3 heterocycles. The molecule has 0 N–H and O–H groups in total. The molecule has 10 aromatic carbocycles. The molecule has 2 aliphatic rings. The number of hydrogen-bond acceptors (Lipinski definition) is 2. The van der Waals surface area contributed by atoms with E-state index >= 15 is 0 Å². The topological polar surface area (TPSA) is 33.1 Å². The molecule has 0 radical (unpaired) electrons. The molecule has 0 saturated heterocycles. The third-order valence-corrected chi connectivity index (χ3v) is 15.0. The van der Waals surface area contributed by atoms with Crippen molar-refractivity contribution >= 4 is 50.6 Å². The minimum absolute atomic E-state index is 0. The number of aromatic nitrogens is 2. The van der Waals surface area contributed by atoms with Gasteiger partial charge in [-0.05, 0) is 102 Å². The molecule has 0 fully saturated rings. The van der Waals surface area contributed by atoms with Crippen molar-refractivity contribution in [3.8, 4) is 50.7 Å². The van der Waals surface area contributed by atoms with Crippen molar-refractivity contribution in [3.05, 3.63) is 289 Å². The predicted molar refractivity (Wildman–Crippen MR) is 310 cm³/mol. The van der Waals surface area contributed by atoms with Crippen LogP contribution in [0.4, 0.5) is 22.7 Å². The van der Waals surface area contributed by atoms with Gasteiger partial charge in [-0.25, -0.2) is 4.98 Å². The van der Waals surface area contributed by atoms with Gasteiger partial charge in [-0.15, -0.1) is 23.6 Å². The van der Waals surface area contributed by atoms with Gasteiger partial charge in [0.15, 0.2) is 0 Å². The first-order valence-electron chi connectivity index (χ1n) is 28.0. The van der Waals surface area contributed by atoms with Crippen molar-refractivity contribution in [3.63, 3.8) is 0 Å². The largest absolute Gasteiger partial charge is 2.00 e. The van der Waals surface area contributed by atoms with E-state index in [0.29, 0.717) is 28.4 Å². The molecule has 14 rings (SSSR count). The van der Waals surface area contributed by atoms with Gasteiger partial charge in [0.05, 0.1) is 23.4 Å². The molecule has 5 nitrogen and oxygen atoms in total. The number of fused-ring (bicyclic) bond motifs is 7. The predicted octanol–water partition coefficient (Wildman–Crippen LogP) is 17.4. The van der Waals surface area contributed by atoms with Crippen LogP contribution in [0, 0.1) is 12.1 Å². The monoisotopic (exact) mass is 1170 g/mol. The first-order valence-corrected chi connectivity index (χ1v) is 25.5. The van der Waals surface area contributed by atoms with Gasteiger partial charge in [-0.2, -0.15) is 12.1 Å². The van der Waals surface area contributed by atoms with Gasteiger partial charge < -0.3 is 9.30 Å². The van der Waals surface area contributed by atoms with Gasteiger partial charge in [0.25, 0.3) is 11.4 Å². The summed E-state index contributed by atoms with van der Waals surface area (Å²) in [6.45, 7) is 6.60. The molecule has 0 atom stereocenters. The quantitative estimate of drug-likeness (QED) is 0.107. The molecule has 2 aromatic heterocycles. The van der Waals surface area contributed by atoms with Crippen LogP contribution in [-0.4, -0.2) is 15.6 Å². The zero-order valence-corrected chi connectivity index (χ0v) is 44.6. The molecule has 0 unspecified atom stereocenters. The van der Waals surface area contributed by atoms with Crippen LogP contribution in [0.1, 0.15) is 55.4 Å². The Morgan fingerprint density at radius 1 is 0.545 bits per heavy atom. The zero-order valence-electron chi connectivity index (χ0n) is 47.3. The van der Waals surface area contributed by atoms with Gasteiger partial charge >= 0.3 is 27.1 Å². The molecule has 0 saturated carbocycles. The van der Waals surface area contributed by atoms with Gasteiger partial charge in [-0.3, -0.25) is 0 Å². The van der Waals surface area contributed by atoms with E-state index in [2.05, 4.69) is 177 Å². The Morgan fingerprint density at radius 3 is 1.95 bits per heavy atom. The third kappa shape index (κ3) is 7.85. The normalized spacial score (nSPS) is 14.0. The van der Waals surface area contributed by atoms with E-state index in [0.717, 1.165) is 77.9 Å². The molecule has 6 heteroatoms. The van der Waals surface area contributed by atoms with Crippen LogP contribution in [0.5, 0.6) is 11.5 Å². The number of para-hydroxylation sites is 4. The maximum absolute atomic E-state index is 9.35. The van der Waals surface area contributed by atoms with Gasteiger partial charge in [0.2, 0.25) is 5.69 Å². The summed E-state index contributed by atoms with van der Waals surface area (Å²) in [6.07, 6.45) is 1.87. The molecule has 77 heavy (non-hydrogen) atoms.